The smallest absolute Gasteiger partial charge is 0.313 e. The fraction of sp³-hybridized carbons (Fsp3) is 0.364. The molecule has 2 aromatic rings. The van der Waals surface area contributed by atoms with Gasteiger partial charge in [0.2, 0.25) is 0 Å². The molecule has 0 spiro atoms. The van der Waals surface area contributed by atoms with Crippen molar-refractivity contribution in [3.8, 4) is 0 Å². The number of hydrogen-bond donors (Lipinski definition) is 1. The number of imidazole rings is 1. The summed E-state index contributed by atoms with van der Waals surface area (Å²) < 4.78 is 7.01. The molecule has 0 fully saturated rings. The summed E-state index contributed by atoms with van der Waals surface area (Å²) in [5.74, 6) is -0.868. The van der Waals surface area contributed by atoms with E-state index >= 15 is 0 Å². The van der Waals surface area contributed by atoms with Gasteiger partial charge in [-0.3, -0.25) is 9.78 Å². The number of thioether (sulfide) groups is 1. The van der Waals surface area contributed by atoms with Gasteiger partial charge in [-0.15, -0.1) is 0 Å². The van der Waals surface area contributed by atoms with Crippen molar-refractivity contribution < 1.29 is 14.6 Å². The van der Waals surface area contributed by atoms with Gasteiger partial charge in [-0.2, -0.15) is 0 Å². The molecule has 0 aliphatic heterocycles. The minimum absolute atomic E-state index is 0.0102. The molecule has 0 bridgehead atoms. The molecule has 2 rings (SSSR count). The summed E-state index contributed by atoms with van der Waals surface area (Å²) in [4.78, 5) is 19.0. The number of carboxylic acids is 1. The van der Waals surface area contributed by atoms with Crippen molar-refractivity contribution in [2.24, 2.45) is 0 Å². The van der Waals surface area contributed by atoms with E-state index in [0.717, 1.165) is 11.0 Å². The molecule has 0 saturated carbocycles. The third kappa shape index (κ3) is 2.80. The molecule has 2 aromatic heterocycles. The molecule has 18 heavy (non-hydrogen) atoms. The zero-order chi connectivity index (χ0) is 13.0. The number of rotatable bonds is 6. The normalized spacial score (nSPS) is 10.9. The molecule has 0 aliphatic rings. The monoisotopic (exact) mass is 267 g/mol. The van der Waals surface area contributed by atoms with E-state index in [9.17, 15) is 4.79 Å². The number of nitrogens with zero attached hydrogens (tertiary/aromatic N) is 3. The highest BCUT2D eigenvalue weighted by molar-refractivity contribution is 7.99. The predicted molar refractivity (Wildman–Crippen MR) is 67.8 cm³/mol. The predicted octanol–water partition coefficient (Wildman–Crippen LogP) is 1.25. The third-order valence-corrected chi connectivity index (χ3v) is 3.32. The summed E-state index contributed by atoms with van der Waals surface area (Å²) in [6.45, 7) is 1.19. The lowest BCUT2D eigenvalue weighted by atomic mass is 10.4. The zero-order valence-electron chi connectivity index (χ0n) is 9.87. The van der Waals surface area contributed by atoms with E-state index in [4.69, 9.17) is 9.84 Å². The van der Waals surface area contributed by atoms with Gasteiger partial charge >= 0.3 is 5.97 Å². The van der Waals surface area contributed by atoms with Crippen molar-refractivity contribution in [1.82, 2.24) is 14.5 Å². The number of carboxylic acid groups (broad SMARTS) is 1. The minimum atomic E-state index is -0.858. The molecule has 0 aromatic carbocycles. The highest BCUT2D eigenvalue weighted by Gasteiger charge is 2.12. The van der Waals surface area contributed by atoms with Gasteiger partial charge in [0.1, 0.15) is 5.52 Å². The van der Waals surface area contributed by atoms with Gasteiger partial charge in [0.25, 0.3) is 0 Å². The van der Waals surface area contributed by atoms with Crippen LogP contribution >= 0.6 is 11.8 Å². The molecule has 96 valence electrons. The van der Waals surface area contributed by atoms with E-state index in [1.807, 2.05) is 10.6 Å². The van der Waals surface area contributed by atoms with Crippen molar-refractivity contribution in [2.75, 3.05) is 19.5 Å². The molecule has 2 heterocycles. The fourth-order valence-corrected chi connectivity index (χ4v) is 2.36. The third-order valence-electron chi connectivity index (χ3n) is 2.36. The van der Waals surface area contributed by atoms with Crippen molar-refractivity contribution in [2.45, 2.75) is 11.7 Å². The van der Waals surface area contributed by atoms with Crippen LogP contribution in [0.25, 0.3) is 11.0 Å². The summed E-state index contributed by atoms with van der Waals surface area (Å²) in [7, 11) is 1.63. The van der Waals surface area contributed by atoms with Gasteiger partial charge in [0, 0.05) is 19.9 Å². The van der Waals surface area contributed by atoms with Crippen LogP contribution < -0.4 is 0 Å². The molecule has 0 aliphatic carbocycles. The Morgan fingerprint density at radius 3 is 3.17 bits per heavy atom. The summed E-state index contributed by atoms with van der Waals surface area (Å²) in [6, 6.07) is 1.86. The maximum Gasteiger partial charge on any atom is 0.313 e. The number of aliphatic carboxylic acids is 1. The van der Waals surface area contributed by atoms with E-state index in [2.05, 4.69) is 9.97 Å². The summed E-state index contributed by atoms with van der Waals surface area (Å²) in [5, 5.41) is 9.40. The van der Waals surface area contributed by atoms with Crippen molar-refractivity contribution in [1.29, 1.82) is 0 Å². The quantitative estimate of drug-likeness (QED) is 0.794. The number of carbonyl (C=O) groups is 1. The molecular weight excluding hydrogens is 254 g/mol. The van der Waals surface area contributed by atoms with E-state index in [0.29, 0.717) is 18.3 Å². The van der Waals surface area contributed by atoms with E-state index < -0.39 is 5.97 Å². The Labute approximate surface area is 108 Å². The van der Waals surface area contributed by atoms with Crippen LogP contribution in [0.3, 0.4) is 0 Å². The summed E-state index contributed by atoms with van der Waals surface area (Å²) in [6.07, 6.45) is 3.36. The fourth-order valence-electron chi connectivity index (χ4n) is 1.59. The molecule has 0 atom stereocenters. The Hall–Kier alpha value is -1.60. The summed E-state index contributed by atoms with van der Waals surface area (Å²) in [5.41, 5.74) is 1.71. The first-order valence-electron chi connectivity index (χ1n) is 5.36. The van der Waals surface area contributed by atoms with Gasteiger partial charge in [-0.25, -0.2) is 4.98 Å². The Morgan fingerprint density at radius 1 is 1.61 bits per heavy atom. The lowest BCUT2D eigenvalue weighted by Crippen LogP contribution is -2.07. The topological polar surface area (TPSA) is 77.2 Å². The highest BCUT2D eigenvalue weighted by Crippen LogP contribution is 2.23. The highest BCUT2D eigenvalue weighted by atomic mass is 32.2. The maximum atomic E-state index is 10.6. The largest absolute Gasteiger partial charge is 0.481 e. The standard InChI is InChI=1S/C11H13N3O3S/c1-17-5-4-14-9-2-3-12-6-8(9)13-11(14)18-7-10(15)16/h2-3,6H,4-5,7H2,1H3,(H,15,16). The lowest BCUT2D eigenvalue weighted by Gasteiger charge is -2.06. The molecule has 0 amide bonds. The van der Waals surface area contributed by atoms with Crippen LogP contribution in [0.1, 0.15) is 0 Å². The molecule has 0 saturated heterocycles. The van der Waals surface area contributed by atoms with Crippen LogP contribution in [0.15, 0.2) is 23.6 Å². The van der Waals surface area contributed by atoms with Crippen LogP contribution in [-0.4, -0.2) is 45.1 Å². The van der Waals surface area contributed by atoms with Crippen molar-refractivity contribution >= 4 is 28.8 Å². The number of methoxy groups -OCH3 is 1. The number of pyridine rings is 1. The average Bonchev–Trinajstić information content (AvgIpc) is 2.71. The second-order valence-corrected chi connectivity index (χ2v) is 4.53. The zero-order valence-corrected chi connectivity index (χ0v) is 10.7. The van der Waals surface area contributed by atoms with Crippen LogP contribution in [0.2, 0.25) is 0 Å². The molecule has 7 heteroatoms. The second kappa shape index (κ2) is 5.83. The Balaban J connectivity index is 2.33. The summed E-state index contributed by atoms with van der Waals surface area (Å²) >= 11 is 1.20. The van der Waals surface area contributed by atoms with E-state index in [-0.39, 0.29) is 5.75 Å². The Bertz CT molecular complexity index is 555. The van der Waals surface area contributed by atoms with Gasteiger partial charge in [0.05, 0.1) is 24.1 Å². The number of fused-ring (bicyclic) bond motifs is 1. The first kappa shape index (κ1) is 12.8. The molecule has 6 nitrogen and oxygen atoms in total. The first-order valence-corrected chi connectivity index (χ1v) is 6.34. The Kier molecular flexibility index (Phi) is 4.16. The van der Waals surface area contributed by atoms with Gasteiger partial charge in [-0.05, 0) is 6.07 Å². The molecule has 0 unspecified atom stereocenters. The number of ether oxygens (including phenoxy) is 1. The van der Waals surface area contributed by atoms with Gasteiger partial charge in [-0.1, -0.05) is 11.8 Å². The minimum Gasteiger partial charge on any atom is -0.481 e. The van der Waals surface area contributed by atoms with E-state index in [1.54, 1.807) is 19.5 Å². The number of hydrogen-bond acceptors (Lipinski definition) is 5. The van der Waals surface area contributed by atoms with Crippen molar-refractivity contribution in [3.05, 3.63) is 18.5 Å². The van der Waals surface area contributed by atoms with Gasteiger partial charge in [0.15, 0.2) is 5.16 Å². The van der Waals surface area contributed by atoms with Crippen LogP contribution in [0, 0.1) is 0 Å². The Morgan fingerprint density at radius 2 is 2.44 bits per heavy atom. The van der Waals surface area contributed by atoms with Crippen LogP contribution in [0.5, 0.6) is 0 Å². The first-order chi connectivity index (χ1) is 8.72. The molecule has 0 radical (unpaired) electrons. The van der Waals surface area contributed by atoms with Crippen LogP contribution in [0.4, 0.5) is 0 Å². The van der Waals surface area contributed by atoms with Gasteiger partial charge < -0.3 is 14.4 Å². The lowest BCUT2D eigenvalue weighted by molar-refractivity contribution is -0.133. The molecular formula is C11H13N3O3S. The SMILES string of the molecule is COCCn1c(SCC(=O)O)nc2cnccc21. The van der Waals surface area contributed by atoms with Crippen LogP contribution in [-0.2, 0) is 16.1 Å². The second-order valence-electron chi connectivity index (χ2n) is 3.59. The number of aromatic nitrogens is 3. The van der Waals surface area contributed by atoms with Crippen molar-refractivity contribution in [3.63, 3.8) is 0 Å². The van der Waals surface area contributed by atoms with E-state index in [1.165, 1.54) is 11.8 Å². The average molecular weight is 267 g/mol. The maximum absolute atomic E-state index is 10.6. The molecule has 1 N–H and O–H groups in total.